The first kappa shape index (κ1) is 31.8. The molecule has 1 aliphatic heterocycles. The first-order valence-electron chi connectivity index (χ1n) is 15.9. The van der Waals surface area contributed by atoms with Crippen molar-refractivity contribution in [2.24, 2.45) is 0 Å². The maximum atomic E-state index is 14.9. The smallest absolute Gasteiger partial charge is 0.410 e. The number of amides is 1. The Labute approximate surface area is 277 Å². The second kappa shape index (κ2) is 12.0. The molecule has 250 valence electrons. The Morgan fingerprint density at radius 1 is 0.938 bits per heavy atom. The third kappa shape index (κ3) is 6.64. The number of hydrogen-bond donors (Lipinski definition) is 1. The number of nitrogens with zero attached hydrogens (tertiary/aromatic N) is 5. The third-order valence-corrected chi connectivity index (χ3v) is 10.5. The lowest BCUT2D eigenvalue weighted by molar-refractivity contribution is 0.0184. The number of rotatable bonds is 7. The fourth-order valence-corrected chi connectivity index (χ4v) is 7.41. The summed E-state index contributed by atoms with van der Waals surface area (Å²) in [6.45, 7) is 6.77. The van der Waals surface area contributed by atoms with Gasteiger partial charge in [-0.25, -0.2) is 27.0 Å². The predicted molar refractivity (Wildman–Crippen MR) is 179 cm³/mol. The van der Waals surface area contributed by atoms with Crippen molar-refractivity contribution in [2.45, 2.75) is 63.3 Å². The zero-order chi connectivity index (χ0) is 33.8. The van der Waals surface area contributed by atoms with Crippen LogP contribution in [0.25, 0.3) is 39.0 Å². The van der Waals surface area contributed by atoms with Gasteiger partial charge in [0.25, 0.3) is 0 Å². The quantitative estimate of drug-likeness (QED) is 0.194. The summed E-state index contributed by atoms with van der Waals surface area (Å²) >= 11 is 0. The number of aromatic nitrogens is 4. The van der Waals surface area contributed by atoms with Gasteiger partial charge in [0.05, 0.1) is 34.2 Å². The molecule has 0 unspecified atom stereocenters. The molecule has 2 aliphatic rings. The second-order valence-corrected chi connectivity index (χ2v) is 15.4. The summed E-state index contributed by atoms with van der Waals surface area (Å²) in [5.41, 5.74) is 4.14. The lowest BCUT2D eigenvalue weighted by atomic mass is 10.0. The van der Waals surface area contributed by atoms with E-state index < -0.39 is 32.5 Å². The Balaban J connectivity index is 1.14. The summed E-state index contributed by atoms with van der Waals surface area (Å²) in [6, 6.07) is 14.3. The van der Waals surface area contributed by atoms with E-state index in [4.69, 9.17) is 4.74 Å². The molecule has 0 atom stereocenters. The molecule has 1 amide bonds. The molecular formula is C35H36F2N6O4S. The summed E-state index contributed by atoms with van der Waals surface area (Å²) in [5, 5.41) is 4.18. The van der Waals surface area contributed by atoms with Crippen molar-refractivity contribution in [1.82, 2.24) is 24.2 Å². The van der Waals surface area contributed by atoms with Crippen LogP contribution in [0.1, 0.15) is 52.5 Å². The summed E-state index contributed by atoms with van der Waals surface area (Å²) < 4.78 is 66.1. The van der Waals surface area contributed by atoms with E-state index in [0.717, 1.165) is 35.6 Å². The Hall–Kier alpha value is -4.78. The highest BCUT2D eigenvalue weighted by atomic mass is 32.2. The number of sulfonamides is 1. The molecule has 48 heavy (non-hydrogen) atoms. The molecule has 3 aromatic carbocycles. The molecule has 5 aromatic rings. The molecule has 3 heterocycles. The van der Waals surface area contributed by atoms with Gasteiger partial charge in [0.1, 0.15) is 23.6 Å². The van der Waals surface area contributed by atoms with Gasteiger partial charge in [-0.05, 0) is 100 Å². The summed E-state index contributed by atoms with van der Waals surface area (Å²) in [5.74, 6) is -1.45. The number of anilines is 1. The predicted octanol–water partition coefficient (Wildman–Crippen LogP) is 7.31. The monoisotopic (exact) mass is 674 g/mol. The number of carbonyl (C=O) groups excluding carboxylic acids is 1. The summed E-state index contributed by atoms with van der Waals surface area (Å²) in [4.78, 5) is 18.8. The van der Waals surface area contributed by atoms with Crippen molar-refractivity contribution in [3.63, 3.8) is 0 Å². The number of benzene rings is 3. The van der Waals surface area contributed by atoms with Gasteiger partial charge in [-0.1, -0.05) is 6.07 Å². The molecule has 7 rings (SSSR count). The molecule has 2 fully saturated rings. The van der Waals surface area contributed by atoms with Gasteiger partial charge >= 0.3 is 6.09 Å². The van der Waals surface area contributed by atoms with Crippen LogP contribution in [-0.2, 0) is 14.8 Å². The number of piperidine rings is 1. The van der Waals surface area contributed by atoms with E-state index >= 15 is 0 Å². The third-order valence-electron chi connectivity index (χ3n) is 8.63. The van der Waals surface area contributed by atoms with Crippen molar-refractivity contribution >= 4 is 32.8 Å². The molecule has 0 radical (unpaired) electrons. The first-order chi connectivity index (χ1) is 22.8. The highest BCUT2D eigenvalue weighted by Crippen LogP contribution is 2.35. The van der Waals surface area contributed by atoms with Crippen LogP contribution in [0.5, 0.6) is 0 Å². The van der Waals surface area contributed by atoms with Crippen molar-refractivity contribution in [3.05, 3.63) is 85.0 Å². The van der Waals surface area contributed by atoms with Crippen LogP contribution in [-0.4, -0.2) is 62.7 Å². The molecule has 1 saturated carbocycles. The van der Waals surface area contributed by atoms with Crippen LogP contribution in [0.4, 0.5) is 19.3 Å². The van der Waals surface area contributed by atoms with E-state index in [1.165, 1.54) is 12.1 Å². The van der Waals surface area contributed by atoms with Crippen LogP contribution in [0.15, 0.2) is 73.3 Å². The van der Waals surface area contributed by atoms with E-state index in [0.29, 0.717) is 42.7 Å². The number of likely N-dealkylation sites (tertiary alicyclic amines) is 1. The van der Waals surface area contributed by atoms with Gasteiger partial charge in [-0.2, -0.15) is 5.10 Å². The van der Waals surface area contributed by atoms with Gasteiger partial charge in [0.2, 0.25) is 10.0 Å². The van der Waals surface area contributed by atoms with Crippen LogP contribution in [0.3, 0.4) is 0 Å². The minimum atomic E-state index is -3.60. The van der Waals surface area contributed by atoms with Crippen molar-refractivity contribution < 1.29 is 26.7 Å². The average Bonchev–Trinajstić information content (AvgIpc) is 3.64. The number of imidazole rings is 1. The SMILES string of the molecule is CC(C)(C)OC(=O)N1CCC(n2cc(-c3ccc4c(c3)ncn4-c3cc(NS(=O)(=O)C4CC4)cc(-c4ccc(F)cc4F)c3)cn2)CC1. The lowest BCUT2D eigenvalue weighted by Crippen LogP contribution is -2.42. The van der Waals surface area contributed by atoms with Crippen LogP contribution in [0.2, 0.25) is 0 Å². The van der Waals surface area contributed by atoms with Crippen molar-refractivity contribution in [2.75, 3.05) is 17.8 Å². The van der Waals surface area contributed by atoms with E-state index in [1.807, 2.05) is 56.0 Å². The molecule has 1 N–H and O–H groups in total. The zero-order valence-electron chi connectivity index (χ0n) is 26.9. The molecule has 2 aromatic heterocycles. The van der Waals surface area contributed by atoms with Crippen LogP contribution >= 0.6 is 0 Å². The standard InChI is InChI=1S/C35H36F2N6O4S/c1-35(2,3)47-34(44)41-12-10-27(11-13-41)43-20-24(19-39-43)22-4-9-33-32(16-22)38-21-42(33)28-15-23(30-8-5-25(36)17-31(30)37)14-26(18-28)40-48(45,46)29-6-7-29/h4-5,8-9,14-21,27,29,40H,6-7,10-13H2,1-3H3. The van der Waals surface area contributed by atoms with Crippen molar-refractivity contribution in [3.8, 4) is 27.9 Å². The molecule has 1 aliphatic carbocycles. The summed E-state index contributed by atoms with van der Waals surface area (Å²) in [6.07, 6.45) is 7.88. The van der Waals surface area contributed by atoms with E-state index in [1.54, 1.807) is 34.0 Å². The highest BCUT2D eigenvalue weighted by Gasteiger charge is 2.36. The minimum Gasteiger partial charge on any atom is -0.444 e. The van der Waals surface area contributed by atoms with Crippen molar-refractivity contribution in [1.29, 1.82) is 0 Å². The molecule has 13 heteroatoms. The van der Waals surface area contributed by atoms with E-state index in [9.17, 15) is 22.0 Å². The first-order valence-corrected chi connectivity index (χ1v) is 17.5. The van der Waals surface area contributed by atoms with Gasteiger partial charge in [-0.15, -0.1) is 0 Å². The highest BCUT2D eigenvalue weighted by molar-refractivity contribution is 7.93. The number of hydrogen-bond acceptors (Lipinski definition) is 6. The minimum absolute atomic E-state index is 0.143. The number of ether oxygens (including phenoxy) is 1. The zero-order valence-corrected chi connectivity index (χ0v) is 27.7. The molecule has 0 bridgehead atoms. The molecular weight excluding hydrogens is 638 g/mol. The normalized spacial score (nSPS) is 16.0. The number of halogens is 2. The molecule has 0 spiro atoms. The fraction of sp³-hybridized carbons (Fsp3) is 0.343. The molecule has 1 saturated heterocycles. The number of nitrogens with one attached hydrogen (secondary N) is 1. The van der Waals surface area contributed by atoms with Crippen LogP contribution in [0, 0.1) is 11.6 Å². The maximum Gasteiger partial charge on any atom is 0.410 e. The van der Waals surface area contributed by atoms with Crippen LogP contribution < -0.4 is 4.72 Å². The topological polar surface area (TPSA) is 111 Å². The Bertz CT molecular complexity index is 2130. The number of carbonyl (C=O) groups is 1. The summed E-state index contributed by atoms with van der Waals surface area (Å²) in [7, 11) is -3.60. The molecule has 10 nitrogen and oxygen atoms in total. The fourth-order valence-electron chi connectivity index (χ4n) is 6.04. The van der Waals surface area contributed by atoms with Gasteiger partial charge in [0, 0.05) is 42.2 Å². The van der Waals surface area contributed by atoms with Gasteiger partial charge < -0.3 is 9.64 Å². The Morgan fingerprint density at radius 3 is 2.42 bits per heavy atom. The second-order valence-electron chi connectivity index (χ2n) is 13.5. The average molecular weight is 675 g/mol. The Kier molecular flexibility index (Phi) is 7.97. The lowest BCUT2D eigenvalue weighted by Gasteiger charge is -2.33. The van der Waals surface area contributed by atoms with Gasteiger partial charge in [0.15, 0.2) is 0 Å². The number of fused-ring (bicyclic) bond motifs is 1. The maximum absolute atomic E-state index is 14.9. The van der Waals surface area contributed by atoms with E-state index in [2.05, 4.69) is 14.8 Å². The Morgan fingerprint density at radius 2 is 1.71 bits per heavy atom. The largest absolute Gasteiger partial charge is 0.444 e. The van der Waals surface area contributed by atoms with E-state index in [-0.39, 0.29) is 23.4 Å². The van der Waals surface area contributed by atoms with Gasteiger partial charge in [-0.3, -0.25) is 14.0 Å².